The van der Waals surface area contributed by atoms with Gasteiger partial charge in [-0.15, -0.1) is 11.3 Å². The number of nitrogens with zero attached hydrogens (tertiary/aromatic N) is 2. The van der Waals surface area contributed by atoms with Crippen LogP contribution in [0.1, 0.15) is 28.9 Å². The number of rotatable bonds is 5. The molecule has 1 unspecified atom stereocenters. The smallest absolute Gasteiger partial charge is 0.125 e. The summed E-state index contributed by atoms with van der Waals surface area (Å²) in [6.45, 7) is 1.89. The van der Waals surface area contributed by atoms with Crippen molar-refractivity contribution in [3.05, 3.63) is 46.2 Å². The van der Waals surface area contributed by atoms with Gasteiger partial charge in [0.1, 0.15) is 5.82 Å². The Kier molecular flexibility index (Phi) is 4.19. The molecule has 5 heteroatoms. The minimum Gasteiger partial charge on any atom is -0.271 e. The lowest BCUT2D eigenvalue weighted by atomic mass is 10.1. The maximum Gasteiger partial charge on any atom is 0.125 e. The van der Waals surface area contributed by atoms with Gasteiger partial charge in [-0.25, -0.2) is 9.97 Å². The highest BCUT2D eigenvalue weighted by Gasteiger charge is 2.11. The third kappa shape index (κ3) is 3.33. The Bertz CT molecular complexity index is 455. The molecular formula is C12H16N4S. The molecule has 0 aromatic carbocycles. The minimum absolute atomic E-state index is 0.0822. The van der Waals surface area contributed by atoms with E-state index in [-0.39, 0.29) is 6.04 Å². The molecule has 0 aliphatic heterocycles. The third-order valence-electron chi connectivity index (χ3n) is 2.62. The van der Waals surface area contributed by atoms with Gasteiger partial charge in [-0.3, -0.25) is 11.3 Å². The van der Waals surface area contributed by atoms with Crippen LogP contribution in [0, 0.1) is 6.92 Å². The van der Waals surface area contributed by atoms with Crippen LogP contribution in [0.4, 0.5) is 0 Å². The SMILES string of the molecule is Cc1nccc(C(CCc2cccs2)NN)n1. The summed E-state index contributed by atoms with van der Waals surface area (Å²) in [4.78, 5) is 9.85. The highest BCUT2D eigenvalue weighted by molar-refractivity contribution is 7.09. The predicted molar refractivity (Wildman–Crippen MR) is 69.5 cm³/mol. The van der Waals surface area contributed by atoms with Crippen LogP contribution in [-0.2, 0) is 6.42 Å². The summed E-state index contributed by atoms with van der Waals surface area (Å²) in [5, 5.41) is 2.09. The monoisotopic (exact) mass is 248 g/mol. The van der Waals surface area contributed by atoms with Crippen molar-refractivity contribution in [3.63, 3.8) is 0 Å². The highest BCUT2D eigenvalue weighted by atomic mass is 32.1. The molecule has 2 aromatic rings. The molecular weight excluding hydrogens is 232 g/mol. The van der Waals surface area contributed by atoms with Crippen molar-refractivity contribution < 1.29 is 0 Å². The lowest BCUT2D eigenvalue weighted by molar-refractivity contribution is 0.504. The molecule has 2 aromatic heterocycles. The van der Waals surface area contributed by atoms with Gasteiger partial charge in [-0.05, 0) is 37.3 Å². The summed E-state index contributed by atoms with van der Waals surface area (Å²) in [6.07, 6.45) is 3.72. The van der Waals surface area contributed by atoms with Gasteiger partial charge < -0.3 is 0 Å². The Labute approximate surface area is 105 Å². The molecule has 17 heavy (non-hydrogen) atoms. The molecule has 0 spiro atoms. The van der Waals surface area contributed by atoms with Gasteiger partial charge in [-0.2, -0.15) is 0 Å². The fraction of sp³-hybridized carbons (Fsp3) is 0.333. The van der Waals surface area contributed by atoms with Gasteiger partial charge in [0.25, 0.3) is 0 Å². The number of hydrogen-bond acceptors (Lipinski definition) is 5. The van der Waals surface area contributed by atoms with Crippen molar-refractivity contribution in [3.8, 4) is 0 Å². The molecule has 0 bridgehead atoms. The fourth-order valence-corrected chi connectivity index (χ4v) is 2.45. The average molecular weight is 248 g/mol. The van der Waals surface area contributed by atoms with Crippen molar-refractivity contribution in [2.45, 2.75) is 25.8 Å². The largest absolute Gasteiger partial charge is 0.271 e. The zero-order chi connectivity index (χ0) is 12.1. The maximum atomic E-state index is 5.59. The Morgan fingerprint density at radius 1 is 1.47 bits per heavy atom. The molecule has 2 rings (SSSR count). The zero-order valence-electron chi connectivity index (χ0n) is 9.76. The summed E-state index contributed by atoms with van der Waals surface area (Å²) < 4.78 is 0. The second-order valence-electron chi connectivity index (χ2n) is 3.87. The van der Waals surface area contributed by atoms with Gasteiger partial charge >= 0.3 is 0 Å². The molecule has 3 N–H and O–H groups in total. The number of hydrogen-bond donors (Lipinski definition) is 2. The number of aryl methyl sites for hydroxylation is 2. The molecule has 0 radical (unpaired) electrons. The lowest BCUT2D eigenvalue weighted by Crippen LogP contribution is -2.29. The van der Waals surface area contributed by atoms with Gasteiger partial charge in [0, 0.05) is 11.1 Å². The summed E-state index contributed by atoms with van der Waals surface area (Å²) in [6, 6.07) is 6.20. The molecule has 90 valence electrons. The first-order valence-electron chi connectivity index (χ1n) is 5.57. The molecule has 0 aliphatic carbocycles. The van der Waals surface area contributed by atoms with E-state index in [9.17, 15) is 0 Å². The Morgan fingerprint density at radius 3 is 3.00 bits per heavy atom. The molecule has 2 heterocycles. The van der Waals surface area contributed by atoms with Crippen molar-refractivity contribution >= 4 is 11.3 Å². The highest BCUT2D eigenvalue weighted by Crippen LogP contribution is 2.18. The van der Waals surface area contributed by atoms with E-state index in [0.717, 1.165) is 24.4 Å². The number of thiophene rings is 1. The lowest BCUT2D eigenvalue weighted by Gasteiger charge is -2.14. The first-order chi connectivity index (χ1) is 8.29. The Balaban J connectivity index is 2.01. The minimum atomic E-state index is 0.0822. The van der Waals surface area contributed by atoms with E-state index in [0.29, 0.717) is 0 Å². The van der Waals surface area contributed by atoms with E-state index in [4.69, 9.17) is 5.84 Å². The maximum absolute atomic E-state index is 5.59. The fourth-order valence-electron chi connectivity index (χ4n) is 1.73. The van der Waals surface area contributed by atoms with E-state index < -0.39 is 0 Å². The van der Waals surface area contributed by atoms with Gasteiger partial charge in [-0.1, -0.05) is 6.07 Å². The van der Waals surface area contributed by atoms with Crippen LogP contribution in [0.2, 0.25) is 0 Å². The van der Waals surface area contributed by atoms with Gasteiger partial charge in [0.15, 0.2) is 0 Å². The number of aromatic nitrogens is 2. The van der Waals surface area contributed by atoms with Crippen molar-refractivity contribution in [2.24, 2.45) is 5.84 Å². The van der Waals surface area contributed by atoms with Gasteiger partial charge in [0.2, 0.25) is 0 Å². The van der Waals surface area contributed by atoms with Crippen molar-refractivity contribution in [1.29, 1.82) is 0 Å². The number of nitrogens with one attached hydrogen (secondary N) is 1. The second kappa shape index (κ2) is 5.86. The average Bonchev–Trinajstić information content (AvgIpc) is 2.83. The Morgan fingerprint density at radius 2 is 2.35 bits per heavy atom. The van der Waals surface area contributed by atoms with Crippen LogP contribution in [0.5, 0.6) is 0 Å². The first-order valence-corrected chi connectivity index (χ1v) is 6.45. The number of hydrazine groups is 1. The summed E-state index contributed by atoms with van der Waals surface area (Å²) in [5.41, 5.74) is 3.78. The van der Waals surface area contributed by atoms with Gasteiger partial charge in [0.05, 0.1) is 11.7 Å². The molecule has 0 saturated carbocycles. The summed E-state index contributed by atoms with van der Waals surface area (Å²) in [7, 11) is 0. The summed E-state index contributed by atoms with van der Waals surface area (Å²) >= 11 is 1.77. The first kappa shape index (κ1) is 12.2. The molecule has 0 aliphatic rings. The predicted octanol–water partition coefficient (Wildman–Crippen LogP) is 1.98. The van der Waals surface area contributed by atoms with Crippen LogP contribution < -0.4 is 11.3 Å². The van der Waals surface area contributed by atoms with Crippen molar-refractivity contribution in [1.82, 2.24) is 15.4 Å². The van der Waals surface area contributed by atoms with E-state index >= 15 is 0 Å². The van der Waals surface area contributed by atoms with E-state index in [1.54, 1.807) is 17.5 Å². The van der Waals surface area contributed by atoms with Crippen LogP contribution in [-0.4, -0.2) is 9.97 Å². The van der Waals surface area contributed by atoms with Crippen LogP contribution >= 0.6 is 11.3 Å². The topological polar surface area (TPSA) is 63.8 Å². The van der Waals surface area contributed by atoms with Crippen molar-refractivity contribution in [2.75, 3.05) is 0 Å². The van der Waals surface area contributed by atoms with Crippen LogP contribution in [0.25, 0.3) is 0 Å². The second-order valence-corrected chi connectivity index (χ2v) is 4.90. The molecule has 0 fully saturated rings. The van der Waals surface area contributed by atoms with Crippen LogP contribution in [0.3, 0.4) is 0 Å². The molecule has 0 saturated heterocycles. The normalized spacial score (nSPS) is 12.6. The molecule has 0 amide bonds. The van der Waals surface area contributed by atoms with Crippen LogP contribution in [0.15, 0.2) is 29.8 Å². The van der Waals surface area contributed by atoms with E-state index in [1.807, 2.05) is 13.0 Å². The standard InChI is InChI=1S/C12H16N4S/c1-9-14-7-6-11(15-9)12(16-13)5-4-10-3-2-8-17-10/h2-3,6-8,12,16H,4-5,13H2,1H3. The quantitative estimate of drug-likeness (QED) is 0.627. The van der Waals surface area contributed by atoms with E-state index in [1.165, 1.54) is 4.88 Å². The molecule has 4 nitrogen and oxygen atoms in total. The summed E-state index contributed by atoms with van der Waals surface area (Å²) in [5.74, 6) is 6.36. The Hall–Kier alpha value is -1.30. The van der Waals surface area contributed by atoms with E-state index in [2.05, 4.69) is 32.9 Å². The molecule has 1 atom stereocenters. The number of nitrogens with two attached hydrogens (primary N) is 1. The zero-order valence-corrected chi connectivity index (χ0v) is 10.6. The third-order valence-corrected chi connectivity index (χ3v) is 3.55.